The fourth-order valence-electron chi connectivity index (χ4n) is 4.86. The zero-order chi connectivity index (χ0) is 29.1. The first-order valence-electron chi connectivity index (χ1n) is 12.4. The molecule has 12 heteroatoms. The third-order valence-electron chi connectivity index (χ3n) is 7.15. The highest BCUT2D eigenvalue weighted by Gasteiger charge is 2.39. The number of alkyl halides is 6. The number of piperidine rings is 1. The molecular weight excluding hydrogens is 531 g/mol. The van der Waals surface area contributed by atoms with Crippen LogP contribution in [0.5, 0.6) is 0 Å². The lowest BCUT2D eigenvalue weighted by Crippen LogP contribution is -2.51. The molecule has 39 heavy (non-hydrogen) atoms. The molecule has 216 valence electrons. The van der Waals surface area contributed by atoms with E-state index in [1.165, 1.54) is 26.1 Å². The van der Waals surface area contributed by atoms with Crippen LogP contribution in [0, 0.1) is 12.7 Å². The van der Waals surface area contributed by atoms with Crippen LogP contribution < -0.4 is 5.32 Å². The van der Waals surface area contributed by atoms with Crippen molar-refractivity contribution in [2.75, 3.05) is 33.9 Å². The Labute approximate surface area is 222 Å². The number of ether oxygens (including phenoxy) is 1. The number of nitrogens with one attached hydrogen (secondary N) is 1. The van der Waals surface area contributed by atoms with Gasteiger partial charge in [-0.05, 0) is 73.7 Å². The number of urea groups is 1. The molecular formula is C27H32F7N3O2. The van der Waals surface area contributed by atoms with E-state index in [9.17, 15) is 35.5 Å². The number of hydrogen-bond donors (Lipinski definition) is 1. The van der Waals surface area contributed by atoms with Crippen LogP contribution in [-0.2, 0) is 17.1 Å². The number of carbonyl (C=O) groups excluding carboxylic acids is 1. The van der Waals surface area contributed by atoms with Crippen molar-refractivity contribution in [3.05, 3.63) is 70.0 Å². The van der Waals surface area contributed by atoms with Crippen LogP contribution >= 0.6 is 0 Å². The Hall–Kier alpha value is -2.86. The highest BCUT2D eigenvalue weighted by Crippen LogP contribution is 2.39. The number of halogens is 7. The van der Waals surface area contributed by atoms with Gasteiger partial charge in [0, 0.05) is 33.3 Å². The van der Waals surface area contributed by atoms with Crippen molar-refractivity contribution in [3.63, 3.8) is 0 Å². The molecule has 0 aromatic heterocycles. The Bertz CT molecular complexity index is 1120. The third-order valence-corrected chi connectivity index (χ3v) is 7.15. The summed E-state index contributed by atoms with van der Waals surface area (Å²) in [7, 11) is 2.92. The van der Waals surface area contributed by atoms with E-state index in [-0.39, 0.29) is 24.2 Å². The number of amides is 2. The zero-order valence-electron chi connectivity index (χ0n) is 22.1. The quantitative estimate of drug-likeness (QED) is 0.300. The molecule has 0 aliphatic carbocycles. The standard InChI is InChI=1S/C27H32F7N3O2/c1-16-11-21(28)5-6-23(16)24-15-22(35-8-10-39-4)7-9-37(24)25(38)36(3)17(2)18-12-19(26(29,30)31)14-20(13-18)27(32,33)34/h5-6,11-14,17,22,24,35H,7-10,15H2,1-4H3/t17-,22+,24-/m1/s1. The van der Waals surface area contributed by atoms with Crippen molar-refractivity contribution in [3.8, 4) is 0 Å². The van der Waals surface area contributed by atoms with Gasteiger partial charge >= 0.3 is 18.4 Å². The van der Waals surface area contributed by atoms with E-state index in [4.69, 9.17) is 4.74 Å². The highest BCUT2D eigenvalue weighted by atomic mass is 19.4. The smallest absolute Gasteiger partial charge is 0.383 e. The van der Waals surface area contributed by atoms with E-state index in [2.05, 4.69) is 5.32 Å². The molecule has 2 amide bonds. The molecule has 2 aromatic carbocycles. The number of likely N-dealkylation sites (tertiary alicyclic amines) is 1. The van der Waals surface area contributed by atoms with Crippen molar-refractivity contribution in [2.45, 2.75) is 57.2 Å². The Kier molecular flexibility index (Phi) is 9.53. The lowest BCUT2D eigenvalue weighted by atomic mass is 9.89. The van der Waals surface area contributed by atoms with E-state index in [0.29, 0.717) is 49.3 Å². The first-order valence-corrected chi connectivity index (χ1v) is 12.4. The monoisotopic (exact) mass is 563 g/mol. The van der Waals surface area contributed by atoms with Crippen molar-refractivity contribution in [2.24, 2.45) is 0 Å². The van der Waals surface area contributed by atoms with Gasteiger partial charge in [0.15, 0.2) is 0 Å². The number of rotatable bonds is 7. The summed E-state index contributed by atoms with van der Waals surface area (Å²) in [6.45, 7) is 4.44. The Balaban J connectivity index is 1.93. The molecule has 1 saturated heterocycles. The number of benzene rings is 2. The molecule has 2 aromatic rings. The largest absolute Gasteiger partial charge is 0.416 e. The maximum absolute atomic E-state index is 13.8. The molecule has 3 atom stereocenters. The SMILES string of the molecule is COCCN[C@H]1CCN(C(=O)N(C)[C@H](C)c2cc(C(F)(F)F)cc(C(F)(F)F)c2)[C@@H](c2ccc(F)cc2C)C1. The summed E-state index contributed by atoms with van der Waals surface area (Å²) in [5, 5.41) is 3.37. The molecule has 1 N–H and O–H groups in total. The first-order chi connectivity index (χ1) is 18.1. The summed E-state index contributed by atoms with van der Waals surface area (Å²) in [5.41, 5.74) is -1.84. The predicted molar refractivity (Wildman–Crippen MR) is 132 cm³/mol. The fraction of sp³-hybridized carbons (Fsp3) is 0.519. The van der Waals surface area contributed by atoms with Gasteiger partial charge in [-0.2, -0.15) is 26.3 Å². The average Bonchev–Trinajstić information content (AvgIpc) is 2.86. The minimum atomic E-state index is -5.00. The van der Waals surface area contributed by atoms with Crippen LogP contribution in [0.25, 0.3) is 0 Å². The van der Waals surface area contributed by atoms with Crippen molar-refractivity contribution in [1.82, 2.24) is 15.1 Å². The molecule has 1 fully saturated rings. The molecule has 1 aliphatic rings. The fourth-order valence-corrected chi connectivity index (χ4v) is 4.86. The topological polar surface area (TPSA) is 44.8 Å². The van der Waals surface area contributed by atoms with Crippen LogP contribution in [0.3, 0.4) is 0 Å². The second-order valence-electron chi connectivity index (χ2n) is 9.79. The van der Waals surface area contributed by atoms with Crippen LogP contribution in [0.2, 0.25) is 0 Å². The minimum Gasteiger partial charge on any atom is -0.383 e. The lowest BCUT2D eigenvalue weighted by Gasteiger charge is -2.43. The van der Waals surface area contributed by atoms with E-state index < -0.39 is 47.4 Å². The van der Waals surface area contributed by atoms with Crippen molar-refractivity contribution in [1.29, 1.82) is 0 Å². The Morgan fingerprint density at radius 1 is 1.10 bits per heavy atom. The lowest BCUT2D eigenvalue weighted by molar-refractivity contribution is -0.143. The maximum atomic E-state index is 13.8. The Morgan fingerprint density at radius 3 is 2.26 bits per heavy atom. The van der Waals surface area contributed by atoms with Gasteiger partial charge in [-0.15, -0.1) is 0 Å². The van der Waals surface area contributed by atoms with Gasteiger partial charge in [0.1, 0.15) is 5.82 Å². The van der Waals surface area contributed by atoms with E-state index >= 15 is 0 Å². The third kappa shape index (κ3) is 7.42. The van der Waals surface area contributed by atoms with Crippen molar-refractivity contribution < 1.29 is 40.3 Å². The van der Waals surface area contributed by atoms with Crippen LogP contribution in [0.1, 0.15) is 59.7 Å². The Morgan fingerprint density at radius 2 is 1.72 bits per heavy atom. The molecule has 3 rings (SSSR count). The number of carbonyl (C=O) groups is 1. The van der Waals surface area contributed by atoms with Crippen LogP contribution in [-0.4, -0.2) is 55.7 Å². The van der Waals surface area contributed by atoms with E-state index in [1.54, 1.807) is 25.0 Å². The molecule has 1 heterocycles. The van der Waals surface area contributed by atoms with Gasteiger partial charge in [0.05, 0.1) is 29.8 Å². The first kappa shape index (κ1) is 30.7. The van der Waals surface area contributed by atoms with Gasteiger partial charge in [-0.1, -0.05) is 6.07 Å². The number of nitrogens with zero attached hydrogens (tertiary/aromatic N) is 2. The summed E-state index contributed by atoms with van der Waals surface area (Å²) in [6.07, 6.45) is -8.95. The molecule has 0 saturated carbocycles. The second kappa shape index (κ2) is 12.1. The summed E-state index contributed by atoms with van der Waals surface area (Å²) >= 11 is 0. The minimum absolute atomic E-state index is 0.0131. The van der Waals surface area contributed by atoms with E-state index in [1.807, 2.05) is 0 Å². The summed E-state index contributed by atoms with van der Waals surface area (Å²) in [6, 6.07) is 3.44. The van der Waals surface area contributed by atoms with Crippen molar-refractivity contribution >= 4 is 6.03 Å². The number of aryl methyl sites for hydroxylation is 1. The number of hydrogen-bond acceptors (Lipinski definition) is 3. The maximum Gasteiger partial charge on any atom is 0.416 e. The molecule has 0 radical (unpaired) electrons. The van der Waals surface area contributed by atoms with Gasteiger partial charge in [-0.3, -0.25) is 0 Å². The van der Waals surface area contributed by atoms with E-state index in [0.717, 1.165) is 4.90 Å². The summed E-state index contributed by atoms with van der Waals surface area (Å²) < 4.78 is 99.3. The molecule has 0 bridgehead atoms. The summed E-state index contributed by atoms with van der Waals surface area (Å²) in [5.74, 6) is -0.435. The van der Waals surface area contributed by atoms with Gasteiger partial charge < -0.3 is 19.9 Å². The molecule has 1 aliphatic heterocycles. The van der Waals surface area contributed by atoms with Gasteiger partial charge in [-0.25, -0.2) is 9.18 Å². The number of methoxy groups -OCH3 is 1. The highest BCUT2D eigenvalue weighted by molar-refractivity contribution is 5.75. The molecule has 0 unspecified atom stereocenters. The zero-order valence-corrected chi connectivity index (χ0v) is 22.1. The van der Waals surface area contributed by atoms with Gasteiger partial charge in [0.2, 0.25) is 0 Å². The molecule has 0 spiro atoms. The normalized spacial score (nSPS) is 19.2. The van der Waals surface area contributed by atoms with Gasteiger partial charge in [0.25, 0.3) is 0 Å². The van der Waals surface area contributed by atoms with Crippen LogP contribution in [0.15, 0.2) is 36.4 Å². The summed E-state index contributed by atoms with van der Waals surface area (Å²) in [4.78, 5) is 16.4. The second-order valence-corrected chi connectivity index (χ2v) is 9.79. The van der Waals surface area contributed by atoms with Crippen LogP contribution in [0.4, 0.5) is 35.5 Å². The average molecular weight is 564 g/mol. The molecule has 5 nitrogen and oxygen atoms in total. The predicted octanol–water partition coefficient (Wildman–Crippen LogP) is 6.73.